The van der Waals surface area contributed by atoms with Crippen molar-refractivity contribution in [2.75, 3.05) is 13.1 Å². The number of nitrogens with zero attached hydrogens (tertiary/aromatic N) is 3. The molecule has 0 spiro atoms. The number of fused-ring (bicyclic) bond motifs is 1. The lowest BCUT2D eigenvalue weighted by molar-refractivity contribution is -0.120. The summed E-state index contributed by atoms with van der Waals surface area (Å²) in [5.41, 5.74) is 1.60. The van der Waals surface area contributed by atoms with Crippen molar-refractivity contribution in [2.24, 2.45) is 0 Å². The van der Waals surface area contributed by atoms with E-state index in [9.17, 15) is 14.4 Å². The van der Waals surface area contributed by atoms with Crippen molar-refractivity contribution in [2.45, 2.75) is 45.8 Å². The summed E-state index contributed by atoms with van der Waals surface area (Å²) in [6, 6.07) is 11.4. The summed E-state index contributed by atoms with van der Waals surface area (Å²) < 4.78 is 1.58. The number of amides is 3. The maximum absolute atomic E-state index is 13.0. The van der Waals surface area contributed by atoms with Crippen LogP contribution in [0.4, 0.5) is 0 Å². The molecule has 0 fully saturated rings. The third-order valence-corrected chi connectivity index (χ3v) is 4.96. The predicted octanol–water partition coefficient (Wildman–Crippen LogP) is 1.57. The number of aryl methyl sites for hydroxylation is 1. The van der Waals surface area contributed by atoms with Crippen molar-refractivity contribution in [1.82, 2.24) is 25.3 Å². The number of rotatable bonds is 7. The van der Waals surface area contributed by atoms with Crippen LogP contribution in [0.3, 0.4) is 0 Å². The Balaban J connectivity index is 1.65. The molecule has 0 saturated carbocycles. The topological polar surface area (TPSA) is 96.3 Å². The molecule has 1 aliphatic heterocycles. The number of hydrogen-bond acceptors (Lipinski definition) is 4. The molecule has 1 aliphatic rings. The normalized spacial score (nSPS) is 14.7. The van der Waals surface area contributed by atoms with E-state index in [0.717, 1.165) is 18.4 Å². The van der Waals surface area contributed by atoms with Crippen LogP contribution in [0.2, 0.25) is 0 Å². The van der Waals surface area contributed by atoms with Gasteiger partial charge in [0.25, 0.3) is 11.8 Å². The van der Waals surface area contributed by atoms with Crippen LogP contribution >= 0.6 is 0 Å². The van der Waals surface area contributed by atoms with Gasteiger partial charge < -0.3 is 15.5 Å². The predicted molar refractivity (Wildman–Crippen MR) is 108 cm³/mol. The zero-order valence-corrected chi connectivity index (χ0v) is 16.9. The molecule has 3 rings (SSSR count). The zero-order chi connectivity index (χ0) is 20.8. The molecule has 0 bridgehead atoms. The monoisotopic (exact) mass is 397 g/mol. The van der Waals surface area contributed by atoms with Gasteiger partial charge in [0.05, 0.1) is 6.54 Å². The van der Waals surface area contributed by atoms with Gasteiger partial charge in [0.1, 0.15) is 5.69 Å². The molecular formula is C21H27N5O3. The molecule has 0 radical (unpaired) electrons. The van der Waals surface area contributed by atoms with E-state index in [0.29, 0.717) is 25.3 Å². The molecule has 154 valence electrons. The molecular weight excluding hydrogens is 370 g/mol. The Morgan fingerprint density at radius 1 is 1.21 bits per heavy atom. The van der Waals surface area contributed by atoms with Gasteiger partial charge in [0.15, 0.2) is 5.69 Å². The van der Waals surface area contributed by atoms with E-state index in [1.807, 2.05) is 44.2 Å². The Labute approximate surface area is 170 Å². The highest BCUT2D eigenvalue weighted by atomic mass is 16.2. The van der Waals surface area contributed by atoms with Gasteiger partial charge >= 0.3 is 0 Å². The minimum atomic E-state index is -0.465. The molecule has 1 aromatic heterocycles. The first-order chi connectivity index (χ1) is 14.0. The standard InChI is InChI=1S/C21H27N5O3/c1-3-15(2)23-19(27)13-22-20(28)17-12-18-21(29)25(10-7-11-26(18)24-17)14-16-8-5-4-6-9-16/h4-6,8-9,12,15H,3,7,10-11,13-14H2,1-2H3,(H,22,28)(H,23,27). The third kappa shape index (κ3) is 5.22. The Hall–Kier alpha value is -3.16. The minimum Gasteiger partial charge on any atom is -0.352 e. The summed E-state index contributed by atoms with van der Waals surface area (Å²) in [5.74, 6) is -0.863. The van der Waals surface area contributed by atoms with Crippen molar-refractivity contribution < 1.29 is 14.4 Å². The lowest BCUT2D eigenvalue weighted by Crippen LogP contribution is -2.40. The minimum absolute atomic E-state index is 0.0521. The summed E-state index contributed by atoms with van der Waals surface area (Å²) in [6.45, 7) is 5.46. The first-order valence-electron chi connectivity index (χ1n) is 9.96. The Bertz CT molecular complexity index is 878. The number of carbonyl (C=O) groups is 3. The highest BCUT2D eigenvalue weighted by Gasteiger charge is 2.26. The molecule has 3 amide bonds. The molecule has 2 heterocycles. The summed E-state index contributed by atoms with van der Waals surface area (Å²) in [4.78, 5) is 39.0. The second-order valence-electron chi connectivity index (χ2n) is 7.26. The summed E-state index contributed by atoms with van der Waals surface area (Å²) in [6.07, 6.45) is 1.57. The largest absolute Gasteiger partial charge is 0.352 e. The average molecular weight is 397 g/mol. The number of carbonyl (C=O) groups excluding carboxylic acids is 3. The van der Waals surface area contributed by atoms with Gasteiger partial charge in [-0.2, -0.15) is 5.10 Å². The molecule has 2 N–H and O–H groups in total. The SMILES string of the molecule is CCC(C)NC(=O)CNC(=O)c1cc2n(n1)CCCN(Cc1ccccc1)C2=O. The van der Waals surface area contributed by atoms with E-state index in [1.54, 1.807) is 9.58 Å². The number of hydrogen-bond donors (Lipinski definition) is 2. The fourth-order valence-electron chi connectivity index (χ4n) is 3.18. The van der Waals surface area contributed by atoms with Gasteiger partial charge in [-0.25, -0.2) is 0 Å². The maximum Gasteiger partial charge on any atom is 0.272 e. The summed E-state index contributed by atoms with van der Waals surface area (Å²) in [5, 5.41) is 9.64. The van der Waals surface area contributed by atoms with Crippen molar-refractivity contribution in [1.29, 1.82) is 0 Å². The number of benzene rings is 1. The molecule has 2 aromatic rings. The summed E-state index contributed by atoms with van der Waals surface area (Å²) >= 11 is 0. The van der Waals surface area contributed by atoms with E-state index in [4.69, 9.17) is 0 Å². The van der Waals surface area contributed by atoms with Crippen LogP contribution in [0.25, 0.3) is 0 Å². The third-order valence-electron chi connectivity index (χ3n) is 4.96. The van der Waals surface area contributed by atoms with Gasteiger partial charge in [-0.1, -0.05) is 37.3 Å². The maximum atomic E-state index is 13.0. The molecule has 0 saturated heterocycles. The fraction of sp³-hybridized carbons (Fsp3) is 0.429. The van der Waals surface area contributed by atoms with E-state index in [2.05, 4.69) is 15.7 Å². The fourth-order valence-corrected chi connectivity index (χ4v) is 3.18. The van der Waals surface area contributed by atoms with Gasteiger partial charge in [0.2, 0.25) is 5.91 Å². The van der Waals surface area contributed by atoms with Crippen LogP contribution in [0, 0.1) is 0 Å². The molecule has 1 atom stereocenters. The van der Waals surface area contributed by atoms with Crippen molar-refractivity contribution in [3.8, 4) is 0 Å². The van der Waals surface area contributed by atoms with Crippen LogP contribution < -0.4 is 10.6 Å². The Kier molecular flexibility index (Phi) is 6.64. The lowest BCUT2D eigenvalue weighted by atomic mass is 10.2. The number of nitrogens with one attached hydrogen (secondary N) is 2. The van der Waals surface area contributed by atoms with E-state index < -0.39 is 5.91 Å². The zero-order valence-electron chi connectivity index (χ0n) is 16.9. The van der Waals surface area contributed by atoms with Crippen LogP contribution in [-0.2, 0) is 17.9 Å². The molecule has 8 nitrogen and oxygen atoms in total. The molecule has 0 aliphatic carbocycles. The first kappa shape index (κ1) is 20.6. The average Bonchev–Trinajstić information content (AvgIpc) is 3.10. The van der Waals surface area contributed by atoms with Gasteiger partial charge in [-0.05, 0) is 25.3 Å². The quantitative estimate of drug-likeness (QED) is 0.741. The second kappa shape index (κ2) is 9.36. The second-order valence-corrected chi connectivity index (χ2v) is 7.26. The summed E-state index contributed by atoms with van der Waals surface area (Å²) in [7, 11) is 0. The van der Waals surface area contributed by atoms with Crippen LogP contribution in [0.5, 0.6) is 0 Å². The molecule has 1 unspecified atom stereocenters. The van der Waals surface area contributed by atoms with Gasteiger partial charge in [-0.15, -0.1) is 0 Å². The smallest absolute Gasteiger partial charge is 0.272 e. The molecule has 29 heavy (non-hydrogen) atoms. The Morgan fingerprint density at radius 2 is 1.97 bits per heavy atom. The molecule has 8 heteroatoms. The van der Waals surface area contributed by atoms with Crippen LogP contribution in [0.1, 0.15) is 53.2 Å². The highest BCUT2D eigenvalue weighted by molar-refractivity contribution is 5.99. The van der Waals surface area contributed by atoms with Crippen LogP contribution in [-0.4, -0.2) is 51.5 Å². The van der Waals surface area contributed by atoms with Crippen molar-refractivity contribution in [3.63, 3.8) is 0 Å². The van der Waals surface area contributed by atoms with E-state index >= 15 is 0 Å². The number of aromatic nitrogens is 2. The van der Waals surface area contributed by atoms with Crippen molar-refractivity contribution >= 4 is 17.7 Å². The lowest BCUT2D eigenvalue weighted by Gasteiger charge is -2.20. The van der Waals surface area contributed by atoms with Crippen molar-refractivity contribution in [3.05, 3.63) is 53.3 Å². The van der Waals surface area contributed by atoms with Gasteiger partial charge in [-0.3, -0.25) is 19.1 Å². The van der Waals surface area contributed by atoms with E-state index in [1.165, 1.54) is 6.07 Å². The van der Waals surface area contributed by atoms with Gasteiger partial charge in [0, 0.05) is 31.7 Å². The van der Waals surface area contributed by atoms with E-state index in [-0.39, 0.29) is 30.1 Å². The van der Waals surface area contributed by atoms with Crippen LogP contribution in [0.15, 0.2) is 36.4 Å². The molecule has 1 aromatic carbocycles. The Morgan fingerprint density at radius 3 is 2.69 bits per heavy atom. The first-order valence-corrected chi connectivity index (χ1v) is 9.96. The highest BCUT2D eigenvalue weighted by Crippen LogP contribution is 2.16.